The lowest BCUT2D eigenvalue weighted by Gasteiger charge is -2.30. The summed E-state index contributed by atoms with van der Waals surface area (Å²) in [5, 5.41) is 11.8. The van der Waals surface area contributed by atoms with Crippen molar-refractivity contribution in [2.75, 3.05) is 6.26 Å². The van der Waals surface area contributed by atoms with Crippen LogP contribution in [0.3, 0.4) is 0 Å². The lowest BCUT2D eigenvalue weighted by atomic mass is 9.79. The van der Waals surface area contributed by atoms with Gasteiger partial charge in [-0.05, 0) is 30.5 Å². The fraction of sp³-hybridized carbons (Fsp3) is 0.538. The Bertz CT molecular complexity index is 616. The Hall–Kier alpha value is -1.18. The summed E-state index contributed by atoms with van der Waals surface area (Å²) in [5.41, 5.74) is 0.780. The first-order valence-electron chi connectivity index (χ1n) is 6.53. The third-order valence-electron chi connectivity index (χ3n) is 3.65. The maximum atomic E-state index is 11.2. The number of nitrogens with zero attached hydrogens (tertiary/aromatic N) is 1. The zero-order valence-corrected chi connectivity index (χ0v) is 13.0. The van der Waals surface area contributed by atoms with Crippen molar-refractivity contribution >= 4 is 21.7 Å². The maximum Gasteiger partial charge on any atom is 0.264 e. The highest BCUT2D eigenvalue weighted by Gasteiger charge is 2.40. The number of nitro groups is 1. The van der Waals surface area contributed by atoms with Crippen molar-refractivity contribution in [2.45, 2.75) is 37.3 Å². The molecule has 0 amide bonds. The lowest BCUT2D eigenvalue weighted by molar-refractivity contribution is -0.530. The van der Waals surface area contributed by atoms with Crippen molar-refractivity contribution in [3.8, 4) is 0 Å². The van der Waals surface area contributed by atoms with Gasteiger partial charge in [-0.3, -0.25) is 14.3 Å². The maximum absolute atomic E-state index is 11.2. The smallest absolute Gasteiger partial charge is 0.264 e. The van der Waals surface area contributed by atoms with Crippen LogP contribution < -0.4 is 0 Å². The van der Waals surface area contributed by atoms with E-state index in [1.54, 1.807) is 24.3 Å². The van der Waals surface area contributed by atoms with Gasteiger partial charge in [0.1, 0.15) is 0 Å². The highest BCUT2D eigenvalue weighted by Crippen LogP contribution is 2.36. The molecule has 1 aliphatic carbocycles. The molecule has 116 valence electrons. The molecule has 1 saturated carbocycles. The van der Waals surface area contributed by atoms with Crippen molar-refractivity contribution in [3.63, 3.8) is 0 Å². The van der Waals surface area contributed by atoms with Gasteiger partial charge in [0, 0.05) is 16.4 Å². The highest BCUT2D eigenvalue weighted by molar-refractivity contribution is 7.86. The summed E-state index contributed by atoms with van der Waals surface area (Å²) in [7, 11) is -3.56. The van der Waals surface area contributed by atoms with Crippen LogP contribution in [0.25, 0.3) is 0 Å². The Labute approximate surface area is 128 Å². The highest BCUT2D eigenvalue weighted by atomic mass is 35.5. The summed E-state index contributed by atoms with van der Waals surface area (Å²) < 4.78 is 27.5. The van der Waals surface area contributed by atoms with E-state index < -0.39 is 22.3 Å². The largest absolute Gasteiger partial charge is 0.267 e. The topological polar surface area (TPSA) is 86.5 Å². The van der Waals surface area contributed by atoms with Gasteiger partial charge in [0.25, 0.3) is 10.1 Å². The Morgan fingerprint density at radius 1 is 1.29 bits per heavy atom. The molecule has 0 N–H and O–H groups in total. The van der Waals surface area contributed by atoms with Gasteiger partial charge >= 0.3 is 0 Å². The molecule has 0 radical (unpaired) electrons. The molecule has 1 aromatic rings. The molecule has 8 heteroatoms. The summed E-state index contributed by atoms with van der Waals surface area (Å²) >= 11 is 5.83. The van der Waals surface area contributed by atoms with Gasteiger partial charge in [0.2, 0.25) is 6.04 Å². The van der Waals surface area contributed by atoms with Crippen LogP contribution in [-0.4, -0.2) is 31.7 Å². The molecule has 1 aliphatic rings. The fourth-order valence-electron chi connectivity index (χ4n) is 2.77. The third-order valence-corrected chi connectivity index (χ3v) is 4.52. The minimum absolute atomic E-state index is 0.292. The fourth-order valence-corrected chi connectivity index (χ4v) is 3.57. The van der Waals surface area contributed by atoms with E-state index >= 15 is 0 Å². The second-order valence-corrected chi connectivity index (χ2v) is 7.28. The Kier molecular flexibility index (Phi) is 4.85. The van der Waals surface area contributed by atoms with E-state index in [2.05, 4.69) is 0 Å². The van der Waals surface area contributed by atoms with E-state index in [4.69, 9.17) is 15.8 Å². The number of benzene rings is 1. The van der Waals surface area contributed by atoms with E-state index in [1.165, 1.54) is 0 Å². The van der Waals surface area contributed by atoms with Gasteiger partial charge in [0.15, 0.2) is 0 Å². The molecule has 3 atom stereocenters. The number of hydrogen-bond donors (Lipinski definition) is 0. The Morgan fingerprint density at radius 2 is 1.90 bits per heavy atom. The normalized spacial score (nSPS) is 26.5. The van der Waals surface area contributed by atoms with E-state index in [9.17, 15) is 18.5 Å². The van der Waals surface area contributed by atoms with Crippen LogP contribution in [0.15, 0.2) is 24.3 Å². The minimum Gasteiger partial charge on any atom is -0.267 e. The minimum atomic E-state index is -3.56. The van der Waals surface area contributed by atoms with Crippen LogP contribution >= 0.6 is 11.6 Å². The quantitative estimate of drug-likeness (QED) is 0.480. The molecule has 0 aliphatic heterocycles. The zero-order chi connectivity index (χ0) is 15.6. The lowest BCUT2D eigenvalue weighted by Crippen LogP contribution is -2.37. The molecule has 3 unspecified atom stereocenters. The second-order valence-electron chi connectivity index (χ2n) is 5.25. The standard InChI is InChI=1S/C13H16ClNO5S/c1-21(18,19)20-11-6-7-13(15(16)17)12(8-11)9-2-4-10(14)5-3-9/h2-5,11-13H,6-8H2,1H3. The SMILES string of the molecule is CS(=O)(=O)OC1CCC([N+](=O)[O-])C(c2ccc(Cl)cc2)C1. The van der Waals surface area contributed by atoms with Crippen molar-refractivity contribution in [3.05, 3.63) is 45.0 Å². The zero-order valence-electron chi connectivity index (χ0n) is 11.4. The molecule has 1 aromatic carbocycles. The van der Waals surface area contributed by atoms with Crippen LogP contribution in [0.1, 0.15) is 30.7 Å². The first-order valence-corrected chi connectivity index (χ1v) is 8.73. The van der Waals surface area contributed by atoms with Crippen LogP contribution in [0.2, 0.25) is 5.02 Å². The van der Waals surface area contributed by atoms with Crippen molar-refractivity contribution in [1.29, 1.82) is 0 Å². The van der Waals surface area contributed by atoms with Crippen LogP contribution in [-0.2, 0) is 14.3 Å². The predicted octanol–water partition coefficient (Wildman–Crippen LogP) is 2.60. The Morgan fingerprint density at radius 3 is 2.43 bits per heavy atom. The molecule has 1 fully saturated rings. The molecule has 0 heterocycles. The van der Waals surface area contributed by atoms with Gasteiger partial charge in [-0.2, -0.15) is 8.42 Å². The van der Waals surface area contributed by atoms with Crippen LogP contribution in [0.5, 0.6) is 0 Å². The molecule has 0 saturated heterocycles. The summed E-state index contributed by atoms with van der Waals surface area (Å²) in [6.07, 6.45) is 1.44. The van der Waals surface area contributed by atoms with Crippen molar-refractivity contribution < 1.29 is 17.5 Å². The predicted molar refractivity (Wildman–Crippen MR) is 78.5 cm³/mol. The molecule has 0 spiro atoms. The van der Waals surface area contributed by atoms with Gasteiger partial charge in [0.05, 0.1) is 18.3 Å². The van der Waals surface area contributed by atoms with E-state index in [1.807, 2.05) is 0 Å². The van der Waals surface area contributed by atoms with Crippen LogP contribution in [0, 0.1) is 10.1 Å². The number of rotatable bonds is 4. The number of hydrogen-bond acceptors (Lipinski definition) is 5. The molecule has 0 aromatic heterocycles. The summed E-state index contributed by atoms with van der Waals surface area (Å²) in [6, 6.07) is 6.10. The first kappa shape index (κ1) is 16.2. The Balaban J connectivity index is 2.23. The molecular weight excluding hydrogens is 318 g/mol. The summed E-state index contributed by atoms with van der Waals surface area (Å²) in [5.74, 6) is -0.377. The van der Waals surface area contributed by atoms with Gasteiger partial charge in [-0.15, -0.1) is 0 Å². The average molecular weight is 334 g/mol. The van der Waals surface area contributed by atoms with Gasteiger partial charge in [-0.25, -0.2) is 0 Å². The van der Waals surface area contributed by atoms with Crippen molar-refractivity contribution in [1.82, 2.24) is 0 Å². The molecule has 21 heavy (non-hydrogen) atoms. The van der Waals surface area contributed by atoms with E-state index in [-0.39, 0.29) is 10.8 Å². The van der Waals surface area contributed by atoms with Crippen molar-refractivity contribution in [2.24, 2.45) is 0 Å². The van der Waals surface area contributed by atoms with Gasteiger partial charge in [-0.1, -0.05) is 23.7 Å². The van der Waals surface area contributed by atoms with E-state index in [0.717, 1.165) is 11.8 Å². The van der Waals surface area contributed by atoms with E-state index in [0.29, 0.717) is 24.3 Å². The second kappa shape index (κ2) is 6.29. The summed E-state index contributed by atoms with van der Waals surface area (Å²) in [6.45, 7) is 0. The molecule has 6 nitrogen and oxygen atoms in total. The number of halogens is 1. The molecule has 0 bridgehead atoms. The molecule has 2 rings (SSSR count). The first-order chi connectivity index (χ1) is 9.76. The molecular formula is C13H16ClNO5S. The summed E-state index contributed by atoms with van der Waals surface area (Å²) in [4.78, 5) is 10.9. The third kappa shape index (κ3) is 4.39. The van der Waals surface area contributed by atoms with Crippen LogP contribution in [0.4, 0.5) is 0 Å². The average Bonchev–Trinajstić information content (AvgIpc) is 2.37. The van der Waals surface area contributed by atoms with Gasteiger partial charge < -0.3 is 0 Å². The monoisotopic (exact) mass is 333 g/mol.